The second kappa shape index (κ2) is 66.6. The molecule has 3 atom stereocenters. The van der Waals surface area contributed by atoms with Gasteiger partial charge in [0.05, 0.1) is 33.8 Å². The molecule has 1 N–H and O–H groups in total. The molecule has 0 saturated carbocycles. The largest absolute Gasteiger partial charge is 0.756 e. The molecule has 0 aliphatic rings. The molecule has 9 nitrogen and oxygen atoms in total. The summed E-state index contributed by atoms with van der Waals surface area (Å²) in [4.78, 5) is 40.2. The first kappa shape index (κ1) is 84.7. The summed E-state index contributed by atoms with van der Waals surface area (Å²) >= 11 is 0. The van der Waals surface area contributed by atoms with E-state index in [9.17, 15) is 19.0 Å². The molecule has 0 aromatic carbocycles. The Balaban J connectivity index is 5.05. The Morgan fingerprint density at radius 1 is 0.409 bits per heavy atom. The summed E-state index contributed by atoms with van der Waals surface area (Å²) in [5.41, 5.74) is 0. The lowest BCUT2D eigenvalue weighted by atomic mass is 10.0. The number of ether oxygens (including phenoxy) is 1. The van der Waals surface area contributed by atoms with Crippen molar-refractivity contribution in [2.75, 3.05) is 40.9 Å². The van der Waals surface area contributed by atoms with E-state index in [-0.39, 0.29) is 24.9 Å². The van der Waals surface area contributed by atoms with Gasteiger partial charge in [0.2, 0.25) is 5.91 Å². The fourth-order valence-electron chi connectivity index (χ4n) is 10.3. The van der Waals surface area contributed by atoms with Crippen LogP contribution >= 0.6 is 7.82 Å². The lowest BCUT2D eigenvalue weighted by Crippen LogP contribution is -2.47. The van der Waals surface area contributed by atoms with Gasteiger partial charge in [-0.1, -0.05) is 304 Å². The maximum atomic E-state index is 13.6. The second-order valence-corrected chi connectivity index (χ2v) is 27.1. The van der Waals surface area contributed by atoms with E-state index in [4.69, 9.17) is 13.8 Å². The molecule has 1 amide bonds. The number of quaternary nitrogens is 1. The molecule has 3 unspecified atom stereocenters. The lowest BCUT2D eigenvalue weighted by Gasteiger charge is -2.30. The van der Waals surface area contributed by atoms with E-state index >= 15 is 0 Å². The quantitative estimate of drug-likeness (QED) is 0.0212. The Kier molecular flexibility index (Phi) is 64.1. The highest BCUT2D eigenvalue weighted by atomic mass is 31.2. The maximum Gasteiger partial charge on any atom is 0.306 e. The zero-order valence-electron chi connectivity index (χ0n) is 58.2. The minimum atomic E-state index is -4.71. The van der Waals surface area contributed by atoms with Crippen molar-refractivity contribution in [3.05, 3.63) is 109 Å². The summed E-state index contributed by atoms with van der Waals surface area (Å²) in [6.07, 6.45) is 92.1. The Morgan fingerprint density at radius 2 is 0.727 bits per heavy atom. The van der Waals surface area contributed by atoms with Crippen molar-refractivity contribution in [2.45, 2.75) is 335 Å². The first-order chi connectivity index (χ1) is 42.9. The van der Waals surface area contributed by atoms with Crippen LogP contribution in [0, 0.1) is 0 Å². The maximum absolute atomic E-state index is 13.6. The van der Waals surface area contributed by atoms with E-state index < -0.39 is 26.6 Å². The minimum absolute atomic E-state index is 0.0277. The van der Waals surface area contributed by atoms with Crippen LogP contribution in [0.4, 0.5) is 0 Å². The number of amides is 1. The zero-order chi connectivity index (χ0) is 64.2. The minimum Gasteiger partial charge on any atom is -0.756 e. The van der Waals surface area contributed by atoms with E-state index in [1.807, 2.05) is 33.3 Å². The summed E-state index contributed by atoms with van der Waals surface area (Å²) in [5.74, 6) is -0.547. The van der Waals surface area contributed by atoms with Gasteiger partial charge in [-0.25, -0.2) is 0 Å². The van der Waals surface area contributed by atoms with Crippen molar-refractivity contribution in [3.63, 3.8) is 0 Å². The Hall–Kier alpha value is -3.33. The summed E-state index contributed by atoms with van der Waals surface area (Å²) in [7, 11) is 1.18. The molecule has 0 fully saturated rings. The van der Waals surface area contributed by atoms with Gasteiger partial charge in [0.1, 0.15) is 19.3 Å². The third-order valence-corrected chi connectivity index (χ3v) is 16.9. The average Bonchev–Trinajstić information content (AvgIpc) is 3.52. The second-order valence-electron chi connectivity index (χ2n) is 25.7. The van der Waals surface area contributed by atoms with Crippen LogP contribution in [0.3, 0.4) is 0 Å². The van der Waals surface area contributed by atoms with E-state index in [1.54, 1.807) is 0 Å². The number of phosphoric acid groups is 1. The molecule has 0 aromatic rings. The summed E-state index contributed by atoms with van der Waals surface area (Å²) in [6.45, 7) is 6.72. The fraction of sp³-hybridized carbons (Fsp3) is 0.744. The number of esters is 1. The topological polar surface area (TPSA) is 114 Å². The van der Waals surface area contributed by atoms with Crippen molar-refractivity contribution < 1.29 is 37.3 Å². The third-order valence-electron chi connectivity index (χ3n) is 15.9. The molecule has 508 valence electrons. The molecule has 0 heterocycles. The predicted octanol–water partition coefficient (Wildman–Crippen LogP) is 23.0. The molecule has 0 rings (SSSR count). The Bertz CT molecular complexity index is 1870. The average molecular weight is 1250 g/mol. The molecule has 0 bridgehead atoms. The van der Waals surface area contributed by atoms with Crippen LogP contribution < -0.4 is 10.2 Å². The molecular formula is C78H139N2O7P. The van der Waals surface area contributed by atoms with E-state index in [0.717, 1.165) is 122 Å². The van der Waals surface area contributed by atoms with Crippen LogP contribution in [0.15, 0.2) is 109 Å². The predicted molar refractivity (Wildman–Crippen MR) is 381 cm³/mol. The van der Waals surface area contributed by atoms with Crippen LogP contribution in [0.2, 0.25) is 0 Å². The number of nitrogens with zero attached hydrogens (tertiary/aromatic N) is 1. The summed E-state index contributed by atoms with van der Waals surface area (Å²) < 4.78 is 30.5. The number of allylic oxidation sites excluding steroid dienone is 17. The fourth-order valence-corrected chi connectivity index (χ4v) is 11.0. The number of likely N-dealkylation sites (N-methyl/N-ethyl adjacent to an activating group) is 1. The third kappa shape index (κ3) is 67.1. The number of unbranched alkanes of at least 4 members (excludes halogenated alkanes) is 34. The Morgan fingerprint density at radius 3 is 1.11 bits per heavy atom. The molecule has 0 aliphatic heterocycles. The summed E-state index contributed by atoms with van der Waals surface area (Å²) in [6, 6.07) is -0.899. The number of rotatable bonds is 66. The highest BCUT2D eigenvalue weighted by Gasteiger charge is 2.27. The summed E-state index contributed by atoms with van der Waals surface area (Å²) in [5, 5.41) is 3.04. The van der Waals surface area contributed by atoms with Gasteiger partial charge < -0.3 is 28.5 Å². The van der Waals surface area contributed by atoms with Crippen molar-refractivity contribution in [1.29, 1.82) is 0 Å². The number of carbonyl (C=O) groups excluding carboxylic acids is 2. The number of carbonyl (C=O) groups is 2. The van der Waals surface area contributed by atoms with Crippen LogP contribution in [-0.2, 0) is 27.9 Å². The van der Waals surface area contributed by atoms with Crippen molar-refractivity contribution in [3.8, 4) is 0 Å². The van der Waals surface area contributed by atoms with Crippen molar-refractivity contribution in [2.24, 2.45) is 0 Å². The standard InChI is InChI=1S/C78H139N2O7P/c1-7-10-13-16-19-22-25-28-30-32-34-36-38-40-42-44-46-48-50-52-55-58-61-64-67-70-77(81)79-75(74-86-88(83,84)85-73-72-80(4,5)6)76(69-66-63-60-57-54-27-24-21-18-15-12-9-3)87-78(82)71-68-65-62-59-56-53-51-49-47-45-43-41-39-37-35-33-31-29-26-23-20-17-14-11-8-2/h11,14,19-20,22-23,28-31,34-37,41,43,66,69,75-76H,7-10,12-13,15-18,21,24-27,32-33,38-40,42,44-65,67-68,70-74H2,1-6H3,(H-,79,81,83,84)/b14-11-,22-19-,23-20-,30-28-,31-29-,36-34-,37-35-,43-41-,69-66+. The van der Waals surface area contributed by atoms with Gasteiger partial charge >= 0.3 is 5.97 Å². The molecule has 10 heteroatoms. The monoisotopic (exact) mass is 1250 g/mol. The molecule has 0 radical (unpaired) electrons. The molecule has 0 aliphatic carbocycles. The van der Waals surface area contributed by atoms with Gasteiger partial charge in [-0.15, -0.1) is 0 Å². The van der Waals surface area contributed by atoms with Crippen molar-refractivity contribution in [1.82, 2.24) is 5.32 Å². The van der Waals surface area contributed by atoms with E-state index in [1.165, 1.54) is 167 Å². The smallest absolute Gasteiger partial charge is 0.306 e. The first-order valence-electron chi connectivity index (χ1n) is 36.7. The molecular weight excluding hydrogens is 1110 g/mol. The number of hydrogen-bond donors (Lipinski definition) is 1. The normalized spacial score (nSPS) is 14.1. The van der Waals surface area contributed by atoms with Crippen molar-refractivity contribution >= 4 is 19.7 Å². The highest BCUT2D eigenvalue weighted by Crippen LogP contribution is 2.38. The van der Waals surface area contributed by atoms with Crippen LogP contribution in [-0.4, -0.2) is 69.4 Å². The van der Waals surface area contributed by atoms with E-state index in [0.29, 0.717) is 17.4 Å². The lowest BCUT2D eigenvalue weighted by molar-refractivity contribution is -0.870. The number of hydrogen-bond acceptors (Lipinski definition) is 7. The zero-order valence-corrected chi connectivity index (χ0v) is 59.0. The van der Waals surface area contributed by atoms with Crippen LogP contribution in [0.5, 0.6) is 0 Å². The van der Waals surface area contributed by atoms with Gasteiger partial charge in [0.15, 0.2) is 0 Å². The number of nitrogens with one attached hydrogen (secondary N) is 1. The molecule has 0 aromatic heterocycles. The molecule has 88 heavy (non-hydrogen) atoms. The number of phosphoric ester groups is 1. The van der Waals surface area contributed by atoms with Crippen LogP contribution in [0.1, 0.15) is 323 Å². The van der Waals surface area contributed by atoms with Crippen LogP contribution in [0.25, 0.3) is 0 Å². The molecule has 0 saturated heterocycles. The van der Waals surface area contributed by atoms with Gasteiger partial charge in [-0.3, -0.25) is 14.2 Å². The first-order valence-corrected chi connectivity index (χ1v) is 38.2. The molecule has 0 spiro atoms. The van der Waals surface area contributed by atoms with Gasteiger partial charge in [0.25, 0.3) is 7.82 Å². The SMILES string of the molecule is CC/C=C\C/C=C\C/C=C\C/C=C\C/C=C\CCCCCCCCCCCC(=O)OC(/C=C/CCCCCCCCCCCC)C(COP(=O)([O-])OCC[N+](C)(C)C)NC(=O)CCCCCCCCCCCCCC/C=C\C/C=C\C/C=C\CCCCC. The van der Waals surface area contributed by atoms with Gasteiger partial charge in [-0.2, -0.15) is 0 Å². The highest BCUT2D eigenvalue weighted by molar-refractivity contribution is 7.45. The van der Waals surface area contributed by atoms with E-state index in [2.05, 4.69) is 123 Å². The van der Waals surface area contributed by atoms with Gasteiger partial charge in [-0.05, 0) is 115 Å². The Labute approximate surface area is 544 Å². The van der Waals surface area contributed by atoms with Gasteiger partial charge in [0, 0.05) is 12.8 Å².